The Morgan fingerprint density at radius 1 is 1.16 bits per heavy atom. The molecule has 3 heteroatoms. The summed E-state index contributed by atoms with van der Waals surface area (Å²) in [4.78, 5) is 0. The highest BCUT2D eigenvalue weighted by atomic mass is 35.5. The van der Waals surface area contributed by atoms with Gasteiger partial charge >= 0.3 is 0 Å². The first-order valence-corrected chi connectivity index (χ1v) is 6.48. The van der Waals surface area contributed by atoms with Crippen LogP contribution in [0.25, 0.3) is 0 Å². The molecule has 0 spiro atoms. The molecule has 0 aliphatic heterocycles. The number of aryl methyl sites for hydroxylation is 2. The van der Waals surface area contributed by atoms with Crippen LogP contribution in [-0.4, -0.2) is 0 Å². The molecule has 0 amide bonds. The summed E-state index contributed by atoms with van der Waals surface area (Å²) in [7, 11) is 0. The Labute approximate surface area is 118 Å². The van der Waals surface area contributed by atoms with E-state index in [2.05, 4.69) is 43.4 Å². The van der Waals surface area contributed by atoms with Gasteiger partial charge in [0.2, 0.25) is 0 Å². The first-order chi connectivity index (χ1) is 9.11. The van der Waals surface area contributed by atoms with Gasteiger partial charge in [0.25, 0.3) is 0 Å². The third-order valence-electron chi connectivity index (χ3n) is 3.20. The molecule has 0 atom stereocenters. The van der Waals surface area contributed by atoms with E-state index >= 15 is 0 Å². The van der Waals surface area contributed by atoms with Crippen LogP contribution in [0, 0.1) is 25.2 Å². The average Bonchev–Trinajstić information content (AvgIpc) is 2.39. The molecule has 96 valence electrons. The molecule has 19 heavy (non-hydrogen) atoms. The van der Waals surface area contributed by atoms with E-state index in [1.165, 1.54) is 16.7 Å². The van der Waals surface area contributed by atoms with Crippen LogP contribution >= 0.6 is 11.6 Å². The molecule has 0 aliphatic rings. The predicted molar refractivity (Wildman–Crippen MR) is 79.4 cm³/mol. The van der Waals surface area contributed by atoms with E-state index in [9.17, 15) is 0 Å². The Balaban J connectivity index is 2.17. The zero-order valence-corrected chi connectivity index (χ0v) is 11.8. The molecule has 0 bridgehead atoms. The van der Waals surface area contributed by atoms with Gasteiger partial charge in [-0.05, 0) is 48.7 Å². The standard InChI is InChI=1S/C16H15ClN2/c1-11-4-3-5-12(2)14(11)10-19-16-7-6-13(9-18)8-15(16)17/h3-8,19H,10H2,1-2H3. The molecule has 2 aromatic rings. The normalized spacial score (nSPS) is 10.0. The maximum Gasteiger partial charge on any atom is 0.0992 e. The summed E-state index contributed by atoms with van der Waals surface area (Å²) in [6.07, 6.45) is 0. The van der Waals surface area contributed by atoms with Crippen LogP contribution < -0.4 is 5.32 Å². The van der Waals surface area contributed by atoms with Crippen LogP contribution in [0.3, 0.4) is 0 Å². The first kappa shape index (κ1) is 13.5. The van der Waals surface area contributed by atoms with E-state index in [0.717, 1.165) is 12.2 Å². The van der Waals surface area contributed by atoms with Crippen molar-refractivity contribution in [3.63, 3.8) is 0 Å². The van der Waals surface area contributed by atoms with E-state index in [0.29, 0.717) is 10.6 Å². The van der Waals surface area contributed by atoms with Crippen LogP contribution in [0.5, 0.6) is 0 Å². The van der Waals surface area contributed by atoms with Gasteiger partial charge in [-0.25, -0.2) is 0 Å². The summed E-state index contributed by atoms with van der Waals surface area (Å²) in [5.74, 6) is 0. The summed E-state index contributed by atoms with van der Waals surface area (Å²) >= 11 is 6.14. The molecule has 1 N–H and O–H groups in total. The second-order valence-corrected chi connectivity index (χ2v) is 4.94. The van der Waals surface area contributed by atoms with E-state index in [-0.39, 0.29) is 0 Å². The molecule has 0 aromatic heterocycles. The van der Waals surface area contributed by atoms with Crippen molar-refractivity contribution in [3.05, 3.63) is 63.7 Å². The minimum Gasteiger partial charge on any atom is -0.380 e. The maximum absolute atomic E-state index is 8.80. The number of rotatable bonds is 3. The molecule has 2 rings (SSSR count). The number of hydrogen-bond acceptors (Lipinski definition) is 2. The monoisotopic (exact) mass is 270 g/mol. The summed E-state index contributed by atoms with van der Waals surface area (Å²) < 4.78 is 0. The minimum absolute atomic E-state index is 0.572. The lowest BCUT2D eigenvalue weighted by molar-refractivity contribution is 1.09. The molecule has 2 nitrogen and oxygen atoms in total. The molecule has 0 radical (unpaired) electrons. The summed E-state index contributed by atoms with van der Waals surface area (Å²) in [5, 5.41) is 12.7. The number of halogens is 1. The molecule has 2 aromatic carbocycles. The number of anilines is 1. The Morgan fingerprint density at radius 2 is 1.84 bits per heavy atom. The second kappa shape index (κ2) is 5.77. The largest absolute Gasteiger partial charge is 0.380 e. The fourth-order valence-electron chi connectivity index (χ4n) is 2.04. The molecule has 0 aliphatic carbocycles. The third-order valence-corrected chi connectivity index (χ3v) is 3.51. The quantitative estimate of drug-likeness (QED) is 0.895. The van der Waals surface area contributed by atoms with Gasteiger partial charge in [-0.1, -0.05) is 29.8 Å². The van der Waals surface area contributed by atoms with Gasteiger partial charge in [0.15, 0.2) is 0 Å². The van der Waals surface area contributed by atoms with E-state index < -0.39 is 0 Å². The van der Waals surface area contributed by atoms with Crippen LogP contribution in [0.2, 0.25) is 5.02 Å². The fraction of sp³-hybridized carbons (Fsp3) is 0.188. The lowest BCUT2D eigenvalue weighted by Crippen LogP contribution is -2.03. The van der Waals surface area contributed by atoms with Crippen LogP contribution in [0.1, 0.15) is 22.3 Å². The van der Waals surface area contributed by atoms with Gasteiger partial charge in [0.1, 0.15) is 0 Å². The lowest BCUT2D eigenvalue weighted by atomic mass is 10.0. The van der Waals surface area contributed by atoms with Crippen molar-refractivity contribution in [1.82, 2.24) is 0 Å². The topological polar surface area (TPSA) is 35.8 Å². The molecular formula is C16H15ClN2. The van der Waals surface area contributed by atoms with Crippen molar-refractivity contribution in [3.8, 4) is 6.07 Å². The number of hydrogen-bond donors (Lipinski definition) is 1. The molecule has 0 saturated carbocycles. The van der Waals surface area contributed by atoms with Gasteiger partial charge in [-0.2, -0.15) is 5.26 Å². The Kier molecular flexibility index (Phi) is 4.09. The zero-order chi connectivity index (χ0) is 13.8. The van der Waals surface area contributed by atoms with Gasteiger partial charge in [0.05, 0.1) is 22.3 Å². The molecule has 0 unspecified atom stereocenters. The van der Waals surface area contributed by atoms with Crippen molar-refractivity contribution in [2.45, 2.75) is 20.4 Å². The SMILES string of the molecule is Cc1cccc(C)c1CNc1ccc(C#N)cc1Cl. The van der Waals surface area contributed by atoms with Crippen LogP contribution in [-0.2, 0) is 6.54 Å². The number of nitrogens with one attached hydrogen (secondary N) is 1. The fourth-order valence-corrected chi connectivity index (χ4v) is 2.29. The third kappa shape index (κ3) is 3.07. The number of nitrogens with zero attached hydrogens (tertiary/aromatic N) is 1. The summed E-state index contributed by atoms with van der Waals surface area (Å²) in [6, 6.07) is 13.6. The average molecular weight is 271 g/mol. The number of benzene rings is 2. The van der Waals surface area contributed by atoms with E-state index in [1.54, 1.807) is 12.1 Å². The number of nitriles is 1. The smallest absolute Gasteiger partial charge is 0.0992 e. The first-order valence-electron chi connectivity index (χ1n) is 6.10. The zero-order valence-electron chi connectivity index (χ0n) is 11.0. The highest BCUT2D eigenvalue weighted by Gasteiger charge is 2.05. The van der Waals surface area contributed by atoms with Crippen molar-refractivity contribution >= 4 is 17.3 Å². The second-order valence-electron chi connectivity index (χ2n) is 4.53. The highest BCUT2D eigenvalue weighted by Crippen LogP contribution is 2.24. The molecule has 0 fully saturated rings. The Morgan fingerprint density at radius 3 is 2.42 bits per heavy atom. The van der Waals surface area contributed by atoms with Crippen LogP contribution in [0.4, 0.5) is 5.69 Å². The summed E-state index contributed by atoms with van der Waals surface area (Å²) in [6.45, 7) is 4.93. The van der Waals surface area contributed by atoms with Gasteiger partial charge < -0.3 is 5.32 Å². The van der Waals surface area contributed by atoms with Crippen molar-refractivity contribution < 1.29 is 0 Å². The van der Waals surface area contributed by atoms with Crippen LogP contribution in [0.15, 0.2) is 36.4 Å². The van der Waals surface area contributed by atoms with Crippen molar-refractivity contribution in [2.24, 2.45) is 0 Å². The van der Waals surface area contributed by atoms with Gasteiger partial charge in [-0.3, -0.25) is 0 Å². The Bertz CT molecular complexity index is 621. The van der Waals surface area contributed by atoms with E-state index in [1.807, 2.05) is 6.07 Å². The van der Waals surface area contributed by atoms with Crippen molar-refractivity contribution in [2.75, 3.05) is 5.32 Å². The molecule has 0 heterocycles. The highest BCUT2D eigenvalue weighted by molar-refractivity contribution is 6.33. The molecular weight excluding hydrogens is 256 g/mol. The van der Waals surface area contributed by atoms with Gasteiger partial charge in [-0.15, -0.1) is 0 Å². The molecule has 0 saturated heterocycles. The summed E-state index contributed by atoms with van der Waals surface area (Å²) in [5.41, 5.74) is 5.23. The lowest BCUT2D eigenvalue weighted by Gasteiger charge is -2.13. The maximum atomic E-state index is 8.80. The minimum atomic E-state index is 0.572. The Hall–Kier alpha value is -1.98. The van der Waals surface area contributed by atoms with Gasteiger partial charge in [0, 0.05) is 6.54 Å². The van der Waals surface area contributed by atoms with E-state index in [4.69, 9.17) is 16.9 Å². The predicted octanol–water partition coefficient (Wildman–Crippen LogP) is 4.44. The van der Waals surface area contributed by atoms with Crippen molar-refractivity contribution in [1.29, 1.82) is 5.26 Å².